The molecule has 1 rings (SSSR count). The summed E-state index contributed by atoms with van der Waals surface area (Å²) in [6, 6.07) is 0. The predicted molar refractivity (Wildman–Crippen MR) is 59.2 cm³/mol. The van der Waals surface area contributed by atoms with Gasteiger partial charge in [-0.05, 0) is 12.5 Å². The summed E-state index contributed by atoms with van der Waals surface area (Å²) in [6.45, 7) is 1.21. The number of alkyl halides is 3. The van der Waals surface area contributed by atoms with E-state index in [0.717, 1.165) is 0 Å². The number of anilines is 1. The number of carboxylic acids is 1. The van der Waals surface area contributed by atoms with Crippen LogP contribution in [0.2, 0.25) is 0 Å². The number of primary amides is 1. The molecular formula is C9H7F3N2O4S. The second kappa shape index (κ2) is 4.88. The molecule has 10 heteroatoms. The van der Waals surface area contributed by atoms with E-state index in [1.54, 1.807) is 0 Å². The third-order valence-electron chi connectivity index (χ3n) is 2.07. The number of thiophene rings is 1. The highest BCUT2D eigenvalue weighted by Crippen LogP contribution is 2.33. The Morgan fingerprint density at radius 1 is 1.32 bits per heavy atom. The van der Waals surface area contributed by atoms with E-state index in [-0.39, 0.29) is 10.4 Å². The predicted octanol–water partition coefficient (Wildman–Crippen LogP) is 1.35. The summed E-state index contributed by atoms with van der Waals surface area (Å²) in [5, 5.41) is 9.71. The lowest BCUT2D eigenvalue weighted by molar-refractivity contribution is -0.167. The lowest BCUT2D eigenvalue weighted by Crippen LogP contribution is -2.30. The maximum absolute atomic E-state index is 12.1. The van der Waals surface area contributed by atoms with Crippen molar-refractivity contribution in [3.8, 4) is 0 Å². The molecule has 0 aliphatic rings. The van der Waals surface area contributed by atoms with Gasteiger partial charge in [0, 0.05) is 0 Å². The molecule has 0 radical (unpaired) electrons. The molecule has 2 amide bonds. The zero-order chi connectivity index (χ0) is 15.0. The number of hydrogen-bond acceptors (Lipinski definition) is 4. The summed E-state index contributed by atoms with van der Waals surface area (Å²) < 4.78 is 36.3. The van der Waals surface area contributed by atoms with Crippen LogP contribution in [0.1, 0.15) is 25.6 Å². The fourth-order valence-corrected chi connectivity index (χ4v) is 2.31. The summed E-state index contributed by atoms with van der Waals surface area (Å²) >= 11 is 0.380. The number of nitrogens with one attached hydrogen (secondary N) is 1. The van der Waals surface area contributed by atoms with Crippen molar-refractivity contribution in [1.82, 2.24) is 0 Å². The van der Waals surface area contributed by atoms with Crippen molar-refractivity contribution in [2.75, 3.05) is 5.32 Å². The Morgan fingerprint density at radius 2 is 1.84 bits per heavy atom. The number of nitrogens with two attached hydrogens (primary N) is 1. The summed E-state index contributed by atoms with van der Waals surface area (Å²) in [7, 11) is 0. The molecule has 0 aliphatic carbocycles. The number of carboxylic acid groups (broad SMARTS) is 1. The Bertz CT molecular complexity index is 565. The molecule has 0 saturated carbocycles. The summed E-state index contributed by atoms with van der Waals surface area (Å²) in [5.74, 6) is -4.89. The molecule has 0 bridgehead atoms. The first-order valence-corrected chi connectivity index (χ1v) is 5.42. The van der Waals surface area contributed by atoms with Gasteiger partial charge < -0.3 is 16.2 Å². The number of halogens is 3. The van der Waals surface area contributed by atoms with Gasteiger partial charge in [0.2, 0.25) is 0 Å². The van der Waals surface area contributed by atoms with Crippen molar-refractivity contribution < 1.29 is 32.7 Å². The highest BCUT2D eigenvalue weighted by molar-refractivity contribution is 7.18. The molecule has 0 unspecified atom stereocenters. The van der Waals surface area contributed by atoms with Gasteiger partial charge in [-0.25, -0.2) is 4.79 Å². The first kappa shape index (κ1) is 15.0. The van der Waals surface area contributed by atoms with Crippen LogP contribution in [-0.4, -0.2) is 29.1 Å². The Balaban J connectivity index is 3.28. The molecule has 0 saturated heterocycles. The van der Waals surface area contributed by atoms with Gasteiger partial charge in [-0.15, -0.1) is 11.3 Å². The van der Waals surface area contributed by atoms with Crippen LogP contribution in [0, 0.1) is 6.92 Å². The van der Waals surface area contributed by atoms with E-state index in [1.807, 2.05) is 0 Å². The van der Waals surface area contributed by atoms with Gasteiger partial charge in [-0.1, -0.05) is 0 Å². The molecule has 0 fully saturated rings. The van der Waals surface area contributed by atoms with Crippen molar-refractivity contribution in [2.45, 2.75) is 13.1 Å². The Hall–Kier alpha value is -2.10. The number of carbonyl (C=O) groups excluding carboxylic acids is 2. The lowest BCUT2D eigenvalue weighted by atomic mass is 10.1. The molecule has 0 atom stereocenters. The fraction of sp³-hybridized carbons (Fsp3) is 0.222. The van der Waals surface area contributed by atoms with Crippen LogP contribution >= 0.6 is 11.3 Å². The molecule has 0 aliphatic heterocycles. The second-order valence-corrected chi connectivity index (χ2v) is 4.40. The van der Waals surface area contributed by atoms with E-state index in [0.29, 0.717) is 11.3 Å². The summed E-state index contributed by atoms with van der Waals surface area (Å²) in [4.78, 5) is 32.5. The minimum atomic E-state index is -5.17. The maximum atomic E-state index is 12.1. The third-order valence-corrected chi connectivity index (χ3v) is 3.29. The first-order valence-electron chi connectivity index (χ1n) is 4.60. The number of aromatic carboxylic acids is 1. The van der Waals surface area contributed by atoms with E-state index in [4.69, 9.17) is 10.8 Å². The van der Waals surface area contributed by atoms with Crippen molar-refractivity contribution >= 4 is 34.1 Å². The van der Waals surface area contributed by atoms with Crippen molar-refractivity contribution in [2.24, 2.45) is 5.73 Å². The van der Waals surface area contributed by atoms with Gasteiger partial charge >= 0.3 is 18.1 Å². The zero-order valence-corrected chi connectivity index (χ0v) is 10.1. The second-order valence-electron chi connectivity index (χ2n) is 3.38. The van der Waals surface area contributed by atoms with Gasteiger partial charge in [0.15, 0.2) is 0 Å². The molecule has 4 N–H and O–H groups in total. The minimum absolute atomic E-state index is 0.0949. The van der Waals surface area contributed by atoms with Gasteiger partial charge in [0.05, 0.1) is 10.4 Å². The van der Waals surface area contributed by atoms with Crippen LogP contribution < -0.4 is 11.1 Å². The van der Waals surface area contributed by atoms with Crippen LogP contribution in [0.25, 0.3) is 0 Å². The van der Waals surface area contributed by atoms with E-state index in [1.165, 1.54) is 12.2 Å². The van der Waals surface area contributed by atoms with Gasteiger partial charge in [0.25, 0.3) is 5.91 Å². The van der Waals surface area contributed by atoms with E-state index < -0.39 is 34.5 Å². The number of amides is 2. The van der Waals surface area contributed by atoms with Crippen LogP contribution in [0.15, 0.2) is 0 Å². The topological polar surface area (TPSA) is 109 Å². The number of rotatable bonds is 3. The molecule has 19 heavy (non-hydrogen) atoms. The van der Waals surface area contributed by atoms with E-state index in [2.05, 4.69) is 0 Å². The first-order chi connectivity index (χ1) is 8.55. The lowest BCUT2D eigenvalue weighted by Gasteiger charge is -2.06. The zero-order valence-electron chi connectivity index (χ0n) is 9.29. The van der Waals surface area contributed by atoms with Crippen molar-refractivity contribution in [3.05, 3.63) is 16.0 Å². The molecule has 0 aromatic carbocycles. The highest BCUT2D eigenvalue weighted by Gasteiger charge is 2.40. The minimum Gasteiger partial charge on any atom is -0.478 e. The normalized spacial score (nSPS) is 11.2. The average Bonchev–Trinajstić information content (AvgIpc) is 2.53. The van der Waals surface area contributed by atoms with Gasteiger partial charge in [-0.3, -0.25) is 9.59 Å². The Kier molecular flexibility index (Phi) is 3.84. The van der Waals surface area contributed by atoms with Crippen LogP contribution in [0.4, 0.5) is 18.2 Å². The SMILES string of the molecule is Cc1c(C(N)=O)sc(NC(=O)C(F)(F)F)c1C(=O)O. The molecule has 1 heterocycles. The smallest absolute Gasteiger partial charge is 0.471 e. The molecule has 1 aromatic rings. The number of hydrogen-bond donors (Lipinski definition) is 3. The highest BCUT2D eigenvalue weighted by atomic mass is 32.1. The summed E-state index contributed by atoms with van der Waals surface area (Å²) in [6.07, 6.45) is -5.17. The average molecular weight is 296 g/mol. The maximum Gasteiger partial charge on any atom is 0.471 e. The number of carbonyl (C=O) groups is 3. The molecular weight excluding hydrogens is 289 g/mol. The standard InChI is InChI=1S/C9H7F3N2O4S/c1-2-3(7(16)17)6(19-4(2)5(13)15)14-8(18)9(10,11)12/h1H3,(H2,13,15)(H,14,18)(H,16,17). The molecule has 6 nitrogen and oxygen atoms in total. The van der Waals surface area contributed by atoms with Crippen LogP contribution in [-0.2, 0) is 4.79 Å². The van der Waals surface area contributed by atoms with Gasteiger partial charge in [0.1, 0.15) is 5.00 Å². The molecule has 0 spiro atoms. The van der Waals surface area contributed by atoms with Crippen molar-refractivity contribution in [1.29, 1.82) is 0 Å². The quantitative estimate of drug-likeness (QED) is 0.782. The van der Waals surface area contributed by atoms with E-state index in [9.17, 15) is 27.6 Å². The monoisotopic (exact) mass is 296 g/mol. The Labute approximate surface area is 108 Å². The third kappa shape index (κ3) is 3.02. The fourth-order valence-electron chi connectivity index (χ4n) is 1.27. The molecule has 104 valence electrons. The Morgan fingerprint density at radius 3 is 2.21 bits per heavy atom. The molecule has 1 aromatic heterocycles. The van der Waals surface area contributed by atoms with Crippen molar-refractivity contribution in [3.63, 3.8) is 0 Å². The summed E-state index contributed by atoms with van der Waals surface area (Å²) in [5.41, 5.74) is 4.28. The largest absolute Gasteiger partial charge is 0.478 e. The van der Waals surface area contributed by atoms with Crippen LogP contribution in [0.3, 0.4) is 0 Å². The van der Waals surface area contributed by atoms with Gasteiger partial charge in [-0.2, -0.15) is 13.2 Å². The van der Waals surface area contributed by atoms with E-state index >= 15 is 0 Å². The van der Waals surface area contributed by atoms with Crippen LogP contribution in [0.5, 0.6) is 0 Å².